The number of esters is 1. The van der Waals surface area contributed by atoms with Crippen LogP contribution in [-0.2, 0) is 46.7 Å². The van der Waals surface area contributed by atoms with Gasteiger partial charge in [-0.05, 0) is 158 Å². The van der Waals surface area contributed by atoms with E-state index in [9.17, 15) is 38.9 Å². The molecule has 0 amide bonds. The normalized spacial score (nSPS) is 42.6. The van der Waals surface area contributed by atoms with E-state index >= 15 is 17.6 Å². The van der Waals surface area contributed by atoms with Crippen LogP contribution in [0.1, 0.15) is 78.8 Å². The zero-order valence-corrected chi connectivity index (χ0v) is 52.3. The number of nitrogens with zero attached hydrogens (tertiary/aromatic N) is 2. The zero-order chi connectivity index (χ0) is 57.9. The largest absolute Gasteiger partial charge is 1.00 e. The van der Waals surface area contributed by atoms with Gasteiger partial charge in [0.1, 0.15) is 12.3 Å². The van der Waals surface area contributed by atoms with Crippen molar-refractivity contribution in [1.82, 2.24) is 9.80 Å². The Morgan fingerprint density at radius 3 is 1.51 bits per heavy atom. The van der Waals surface area contributed by atoms with Crippen LogP contribution in [0.4, 0.5) is 22.0 Å². The number of ether oxygens (including phenoxy) is 1. The van der Waals surface area contributed by atoms with Gasteiger partial charge in [-0.15, -0.1) is 0 Å². The van der Waals surface area contributed by atoms with E-state index in [2.05, 4.69) is 14.7 Å². The van der Waals surface area contributed by atoms with Crippen molar-refractivity contribution in [3.05, 3.63) is 117 Å². The summed E-state index contributed by atoms with van der Waals surface area (Å²) in [7, 11) is 0. The standard InChI is InChI=1S/C30H33ClF3NO4.C29H32ClF2NO4.CH2O3.2Na.H/c1-27-7-6-20(36)10-23(27)24(33)11-22-21-9-18-14-35(13-17-4-3-5-19(31)8-17)15-29(18,26(38)39-16-32)28(21,2)12-25(37)30(22,27)34;1-26-7-6-19(34)10-22(26)23(31)11-21-20-9-17-14-33(13-16-4-3-5-18(30)8-16)15-28(17,25(36)37)27(20,2)12-24(35)29(21,26)32;2-1-4-3;;;/h3-8,10,18,21-22,24-25,37H,9,11-16H2,1-2H3;3-8,10,17,20-21,23-24,35H,9,11-15H2,1-2H3,(H,36,37);1,3H;;;/q;;;2*+1;-1/p-1/t18-,21-,22-,24-,25-,27-,28-,29+,30-;17-,20-,21-,23-,24-,26-,27-,28+,29-;;;;/m00..../s1. The fourth-order valence-electron chi connectivity index (χ4n) is 18.6. The first kappa shape index (κ1) is 65.2. The summed E-state index contributed by atoms with van der Waals surface area (Å²) < 4.78 is 84.7. The first-order valence-corrected chi connectivity index (χ1v) is 28.0. The van der Waals surface area contributed by atoms with Crippen LogP contribution in [0.15, 0.2) is 96.1 Å². The van der Waals surface area contributed by atoms with E-state index < -0.39 is 117 Å². The van der Waals surface area contributed by atoms with E-state index in [4.69, 9.17) is 38.0 Å². The van der Waals surface area contributed by atoms with Gasteiger partial charge in [0.25, 0.3) is 6.47 Å². The molecule has 0 radical (unpaired) electrons. The Bertz CT molecular complexity index is 3020. The summed E-state index contributed by atoms with van der Waals surface area (Å²) in [4.78, 5) is 66.3. The van der Waals surface area contributed by atoms with Crippen molar-refractivity contribution in [2.45, 2.75) is 115 Å². The molecule has 18 atom stereocenters. The first-order valence-electron chi connectivity index (χ1n) is 27.2. The van der Waals surface area contributed by atoms with Crippen LogP contribution < -0.4 is 64.4 Å². The molecule has 22 heteroatoms. The number of carbonyl (C=O) groups is 5. The van der Waals surface area contributed by atoms with Crippen LogP contribution in [0.3, 0.4) is 0 Å². The molecule has 8 aliphatic carbocycles. The Morgan fingerprint density at radius 1 is 0.720 bits per heavy atom. The molecule has 2 saturated heterocycles. The van der Waals surface area contributed by atoms with Crippen molar-refractivity contribution in [2.24, 2.45) is 68.0 Å². The van der Waals surface area contributed by atoms with Gasteiger partial charge in [0.15, 0.2) is 22.9 Å². The van der Waals surface area contributed by atoms with E-state index in [-0.39, 0.29) is 135 Å². The number of alkyl halides is 5. The number of rotatable bonds is 8. The molecule has 13 nitrogen and oxygen atoms in total. The van der Waals surface area contributed by atoms with Gasteiger partial charge in [-0.1, -0.05) is 73.5 Å². The quantitative estimate of drug-likeness (QED) is 0.0874. The van der Waals surface area contributed by atoms with Crippen molar-refractivity contribution in [3.8, 4) is 0 Å². The molecule has 0 aromatic heterocycles. The maximum Gasteiger partial charge on any atom is 1.00 e. The monoisotopic (exact) mass is 1200 g/mol. The molecule has 10 aliphatic rings. The number of likely N-dealkylation sites (tertiary alicyclic amines) is 2. The molecule has 2 aliphatic heterocycles. The molecule has 0 bridgehead atoms. The SMILES string of the molecule is C[C@]12C=CC(=O)C=C1[C@@H](F)C[C@H]1[C@@H]3C[C@H]4CN(Cc5cccc(Cl)c5)C[C@@]4(C(=O)O)[C@@]3(C)C[C@H](O)[C@@]12F.C[C@]12C=CC(=O)C=C1[C@@H](F)C[C@H]1[C@@H]3C[C@H]4CN(Cc5cccc(Cl)c5)C[C@@]4(C(=O)OCF)[C@@]3(C)C[C@H](O)[C@@]12F.O=CO[O-].[H-].[Na+].[Na+]. The van der Waals surface area contributed by atoms with Gasteiger partial charge < -0.3 is 31.6 Å². The van der Waals surface area contributed by atoms with Gasteiger partial charge in [0, 0.05) is 72.0 Å². The predicted molar refractivity (Wildman–Crippen MR) is 281 cm³/mol. The number of carboxylic acid groups (broad SMARTS) is 1. The van der Waals surface area contributed by atoms with Crippen LogP contribution in [0.25, 0.3) is 0 Å². The number of aliphatic hydroxyl groups is 2. The van der Waals surface area contributed by atoms with Gasteiger partial charge in [-0.2, -0.15) is 0 Å². The molecule has 82 heavy (non-hydrogen) atoms. The molecule has 434 valence electrons. The number of hydrogen-bond donors (Lipinski definition) is 3. The molecular weight excluding hydrogens is 1140 g/mol. The smallest absolute Gasteiger partial charge is 1.00 e. The minimum Gasteiger partial charge on any atom is -1.00 e. The van der Waals surface area contributed by atoms with Crippen molar-refractivity contribution in [3.63, 3.8) is 0 Å². The summed E-state index contributed by atoms with van der Waals surface area (Å²) in [5, 5.41) is 43.5. The Kier molecular flexibility index (Phi) is 18.6. The second kappa shape index (κ2) is 23.4. The molecule has 2 aromatic rings. The maximum atomic E-state index is 17.5. The van der Waals surface area contributed by atoms with E-state index in [1.807, 2.05) is 50.2 Å². The third-order valence-corrected chi connectivity index (χ3v) is 22.5. The van der Waals surface area contributed by atoms with Gasteiger partial charge >= 0.3 is 71.1 Å². The summed E-state index contributed by atoms with van der Waals surface area (Å²) in [5.74, 6) is -5.55. The maximum absolute atomic E-state index is 17.5. The van der Waals surface area contributed by atoms with Gasteiger partial charge in [0.05, 0.1) is 23.0 Å². The summed E-state index contributed by atoms with van der Waals surface area (Å²) >= 11 is 12.3. The molecular formula is C60H67Cl2F5N2Na2O11. The molecule has 3 N–H and O–H groups in total. The second-order valence-electron chi connectivity index (χ2n) is 25.2. The fourth-order valence-corrected chi connectivity index (χ4v) is 19.1. The summed E-state index contributed by atoms with van der Waals surface area (Å²) in [6.07, 6.45) is 2.03. The average molecular weight is 1200 g/mol. The number of hydrogen-bond acceptors (Lipinski definition) is 12. The van der Waals surface area contributed by atoms with Gasteiger partial charge in [-0.3, -0.25) is 33.8 Å². The van der Waals surface area contributed by atoms with Crippen molar-refractivity contribution in [2.75, 3.05) is 33.0 Å². The fraction of sp³-hybridized carbons (Fsp3) is 0.583. The van der Waals surface area contributed by atoms with E-state index in [0.29, 0.717) is 49.1 Å². The first-order chi connectivity index (χ1) is 37.7. The topological polar surface area (TPSA) is 194 Å². The molecule has 2 heterocycles. The summed E-state index contributed by atoms with van der Waals surface area (Å²) in [6, 6.07) is 14.9. The third kappa shape index (κ3) is 9.50. The molecule has 8 fully saturated rings. The van der Waals surface area contributed by atoms with Gasteiger partial charge in [0.2, 0.25) is 6.86 Å². The van der Waals surface area contributed by atoms with Crippen LogP contribution in [0.2, 0.25) is 10.0 Å². The number of benzene rings is 2. The van der Waals surface area contributed by atoms with Crippen molar-refractivity contribution < 1.29 is 137 Å². The number of carboxylic acids is 1. The number of allylic oxidation sites excluding steroid dienone is 8. The van der Waals surface area contributed by atoms with Crippen LogP contribution in [0.5, 0.6) is 0 Å². The Balaban J connectivity index is 0.000000217. The van der Waals surface area contributed by atoms with E-state index in [1.54, 1.807) is 26.0 Å². The number of aliphatic carboxylic acids is 1. The molecule has 6 saturated carbocycles. The summed E-state index contributed by atoms with van der Waals surface area (Å²) in [5.41, 5.74) is -9.53. The minimum atomic E-state index is -2.23. The number of halogens is 7. The molecule has 12 rings (SSSR count). The zero-order valence-electron chi connectivity index (χ0n) is 47.8. The molecule has 0 spiro atoms. The van der Waals surface area contributed by atoms with E-state index in [0.717, 1.165) is 11.1 Å². The molecule has 0 unspecified atom stereocenters. The molecule has 2 aromatic carbocycles. The van der Waals surface area contributed by atoms with Crippen LogP contribution >= 0.6 is 23.2 Å². The number of fused-ring (bicyclic) bond motifs is 14. The second-order valence-corrected chi connectivity index (χ2v) is 26.0. The number of aliphatic hydroxyl groups excluding tert-OH is 2. The Labute approximate surface area is 529 Å². The van der Waals surface area contributed by atoms with Crippen molar-refractivity contribution >= 4 is 53.2 Å². The third-order valence-electron chi connectivity index (χ3n) is 22.0. The van der Waals surface area contributed by atoms with E-state index in [1.165, 1.54) is 36.5 Å². The number of ketones is 2. The Hall–Kier alpha value is -2.82. The minimum absolute atomic E-state index is 0. The van der Waals surface area contributed by atoms with Crippen molar-refractivity contribution in [1.29, 1.82) is 0 Å². The van der Waals surface area contributed by atoms with Gasteiger partial charge in [-0.25, -0.2) is 22.0 Å². The Morgan fingerprint density at radius 2 is 1.12 bits per heavy atom. The predicted octanol–water partition coefficient (Wildman–Crippen LogP) is 2.48. The number of carbonyl (C=O) groups excluding carboxylic acids is 4. The van der Waals surface area contributed by atoms with Crippen LogP contribution in [0, 0.1) is 68.0 Å². The average Bonchev–Trinajstić information content (AvgIpc) is 2.08. The summed E-state index contributed by atoms with van der Waals surface area (Å²) in [6.45, 7) is 8.03. The van der Waals surface area contributed by atoms with Crippen LogP contribution in [-0.4, -0.2) is 124 Å².